The zero-order valence-corrected chi connectivity index (χ0v) is 14.3. The highest BCUT2D eigenvalue weighted by Gasteiger charge is 2.26. The van der Waals surface area contributed by atoms with Gasteiger partial charge in [0.05, 0.1) is 6.54 Å². The first-order valence-corrected chi connectivity index (χ1v) is 7.44. The van der Waals surface area contributed by atoms with Crippen molar-refractivity contribution >= 4 is 24.2 Å². The minimum atomic E-state index is -0.679. The summed E-state index contributed by atoms with van der Waals surface area (Å²) in [4.78, 5) is 28.0. The molecule has 0 bridgehead atoms. The van der Waals surface area contributed by atoms with Gasteiger partial charge in [0, 0.05) is 40.3 Å². The van der Waals surface area contributed by atoms with Crippen molar-refractivity contribution in [2.45, 2.75) is 6.10 Å². The summed E-state index contributed by atoms with van der Waals surface area (Å²) in [5, 5.41) is 3.20. The average molecular weight is 342 g/mol. The maximum Gasteiger partial charge on any atom is 0.256 e. The topological polar surface area (TPSA) is 61.9 Å². The van der Waals surface area contributed by atoms with Gasteiger partial charge in [0.25, 0.3) is 5.91 Å². The number of methoxy groups -OCH3 is 1. The van der Waals surface area contributed by atoms with E-state index >= 15 is 0 Å². The molecule has 0 spiro atoms. The number of piperazine rings is 1. The third kappa shape index (κ3) is 5.20. The lowest BCUT2D eigenvalue weighted by Gasteiger charge is -2.30. The van der Waals surface area contributed by atoms with Crippen molar-refractivity contribution in [3.63, 3.8) is 0 Å². The summed E-state index contributed by atoms with van der Waals surface area (Å²) in [6, 6.07) is 9.30. The van der Waals surface area contributed by atoms with Crippen LogP contribution in [-0.2, 0) is 14.3 Å². The summed E-state index contributed by atoms with van der Waals surface area (Å²) in [6.45, 7) is 3.05. The maximum absolute atomic E-state index is 12.5. The largest absolute Gasteiger partial charge is 0.367 e. The van der Waals surface area contributed by atoms with Crippen molar-refractivity contribution in [1.82, 2.24) is 15.1 Å². The van der Waals surface area contributed by atoms with Crippen LogP contribution < -0.4 is 5.32 Å². The molecule has 2 rings (SSSR count). The summed E-state index contributed by atoms with van der Waals surface area (Å²) < 4.78 is 5.32. The highest BCUT2D eigenvalue weighted by molar-refractivity contribution is 5.87. The summed E-state index contributed by atoms with van der Waals surface area (Å²) in [7, 11) is 3.14. The van der Waals surface area contributed by atoms with Gasteiger partial charge in [-0.2, -0.15) is 0 Å². The molecule has 0 radical (unpaired) electrons. The molecule has 1 saturated heterocycles. The van der Waals surface area contributed by atoms with Crippen LogP contribution in [0.5, 0.6) is 0 Å². The Hall–Kier alpha value is -1.63. The summed E-state index contributed by atoms with van der Waals surface area (Å²) in [5.74, 6) is -0.238. The number of hydrogen-bond donors (Lipinski definition) is 1. The van der Waals surface area contributed by atoms with E-state index in [1.807, 2.05) is 30.3 Å². The van der Waals surface area contributed by atoms with E-state index in [2.05, 4.69) is 5.32 Å². The van der Waals surface area contributed by atoms with Gasteiger partial charge in [0.2, 0.25) is 5.91 Å². The number of nitrogens with one attached hydrogen (secondary N) is 1. The fraction of sp³-hybridized carbons (Fsp3) is 0.500. The average Bonchev–Trinajstić information content (AvgIpc) is 2.57. The molecule has 1 aromatic rings. The van der Waals surface area contributed by atoms with Crippen molar-refractivity contribution in [3.8, 4) is 0 Å². The number of amides is 2. The lowest BCUT2D eigenvalue weighted by atomic mass is 10.1. The second-order valence-corrected chi connectivity index (χ2v) is 5.35. The van der Waals surface area contributed by atoms with Gasteiger partial charge in [-0.3, -0.25) is 9.59 Å². The van der Waals surface area contributed by atoms with Crippen LogP contribution in [0.2, 0.25) is 0 Å². The molecule has 2 amide bonds. The zero-order valence-electron chi connectivity index (χ0n) is 13.5. The maximum atomic E-state index is 12.5. The van der Waals surface area contributed by atoms with Crippen LogP contribution >= 0.6 is 12.4 Å². The van der Waals surface area contributed by atoms with Gasteiger partial charge in [-0.25, -0.2) is 0 Å². The number of likely N-dealkylation sites (N-methyl/N-ethyl adjacent to an activating group) is 1. The first-order valence-electron chi connectivity index (χ1n) is 7.44. The van der Waals surface area contributed by atoms with E-state index in [-0.39, 0.29) is 30.8 Å². The van der Waals surface area contributed by atoms with E-state index in [0.29, 0.717) is 13.1 Å². The van der Waals surface area contributed by atoms with Crippen molar-refractivity contribution in [2.24, 2.45) is 0 Å². The number of nitrogens with zero attached hydrogens (tertiary/aromatic N) is 2. The van der Waals surface area contributed by atoms with E-state index in [1.54, 1.807) is 11.9 Å². The molecule has 1 N–H and O–H groups in total. The number of halogens is 1. The van der Waals surface area contributed by atoms with Crippen LogP contribution in [0.4, 0.5) is 0 Å². The molecule has 128 valence electrons. The molecule has 1 aromatic carbocycles. The Labute approximate surface area is 143 Å². The van der Waals surface area contributed by atoms with E-state index in [0.717, 1.165) is 18.7 Å². The Morgan fingerprint density at radius 2 is 1.87 bits per heavy atom. The Morgan fingerprint density at radius 1 is 1.26 bits per heavy atom. The molecule has 6 nitrogen and oxygen atoms in total. The van der Waals surface area contributed by atoms with Crippen LogP contribution in [0, 0.1) is 0 Å². The first-order chi connectivity index (χ1) is 10.6. The normalized spacial score (nSPS) is 15.5. The molecule has 0 saturated carbocycles. The molecule has 0 aromatic heterocycles. The predicted octanol–water partition coefficient (Wildman–Crippen LogP) is 0.686. The predicted molar refractivity (Wildman–Crippen MR) is 90.5 cm³/mol. The second-order valence-electron chi connectivity index (χ2n) is 5.35. The molecular weight excluding hydrogens is 318 g/mol. The Morgan fingerprint density at radius 3 is 2.43 bits per heavy atom. The minimum Gasteiger partial charge on any atom is -0.367 e. The SMILES string of the molecule is COC(C(=O)N(C)CC(=O)N1CCNCC1)c1ccccc1.Cl. The molecular formula is C16H24ClN3O3. The fourth-order valence-electron chi connectivity index (χ4n) is 2.50. The van der Waals surface area contributed by atoms with Crippen LogP contribution in [0.1, 0.15) is 11.7 Å². The standard InChI is InChI=1S/C16H23N3O3.ClH/c1-18(12-14(20)19-10-8-17-9-11-19)16(21)15(22-2)13-6-4-3-5-7-13;/h3-7,15,17H,8-12H2,1-2H3;1H. The smallest absolute Gasteiger partial charge is 0.256 e. The minimum absolute atomic E-state index is 0. The quantitative estimate of drug-likeness (QED) is 0.856. The number of rotatable bonds is 5. The van der Waals surface area contributed by atoms with Gasteiger partial charge >= 0.3 is 0 Å². The van der Waals surface area contributed by atoms with Gasteiger partial charge in [-0.05, 0) is 5.56 Å². The van der Waals surface area contributed by atoms with E-state index in [4.69, 9.17) is 4.74 Å². The molecule has 1 unspecified atom stereocenters. The third-order valence-electron chi connectivity index (χ3n) is 3.78. The molecule has 1 atom stereocenters. The van der Waals surface area contributed by atoms with Gasteiger partial charge in [-0.15, -0.1) is 12.4 Å². The van der Waals surface area contributed by atoms with Gasteiger partial charge < -0.3 is 19.9 Å². The van der Waals surface area contributed by atoms with Crippen LogP contribution in [0.3, 0.4) is 0 Å². The number of hydrogen-bond acceptors (Lipinski definition) is 4. The molecule has 7 heteroatoms. The Balaban J connectivity index is 0.00000264. The Bertz CT molecular complexity index is 507. The van der Waals surface area contributed by atoms with Crippen molar-refractivity contribution < 1.29 is 14.3 Å². The Kier molecular flexibility index (Phi) is 8.02. The van der Waals surface area contributed by atoms with Gasteiger partial charge in [0.1, 0.15) is 0 Å². The highest BCUT2D eigenvalue weighted by atomic mass is 35.5. The van der Waals surface area contributed by atoms with Gasteiger partial charge in [0.15, 0.2) is 6.10 Å². The summed E-state index contributed by atoms with van der Waals surface area (Å²) in [6.07, 6.45) is -0.679. The molecule has 1 aliphatic rings. The van der Waals surface area contributed by atoms with Crippen molar-refractivity contribution in [3.05, 3.63) is 35.9 Å². The molecule has 1 aliphatic heterocycles. The number of ether oxygens (including phenoxy) is 1. The lowest BCUT2D eigenvalue weighted by Crippen LogP contribution is -2.50. The molecule has 1 heterocycles. The highest BCUT2D eigenvalue weighted by Crippen LogP contribution is 2.18. The van der Waals surface area contributed by atoms with Crippen LogP contribution in [0.25, 0.3) is 0 Å². The van der Waals surface area contributed by atoms with Crippen molar-refractivity contribution in [1.29, 1.82) is 0 Å². The van der Waals surface area contributed by atoms with E-state index in [9.17, 15) is 9.59 Å². The number of carbonyl (C=O) groups is 2. The fourth-order valence-corrected chi connectivity index (χ4v) is 2.50. The molecule has 1 fully saturated rings. The molecule has 0 aliphatic carbocycles. The number of benzene rings is 1. The van der Waals surface area contributed by atoms with Crippen LogP contribution in [0.15, 0.2) is 30.3 Å². The van der Waals surface area contributed by atoms with E-state index in [1.165, 1.54) is 12.0 Å². The monoisotopic (exact) mass is 341 g/mol. The van der Waals surface area contributed by atoms with E-state index < -0.39 is 6.10 Å². The first kappa shape index (κ1) is 19.4. The third-order valence-corrected chi connectivity index (χ3v) is 3.78. The molecule has 23 heavy (non-hydrogen) atoms. The lowest BCUT2D eigenvalue weighted by molar-refractivity contribution is -0.146. The second kappa shape index (κ2) is 9.50. The number of carbonyl (C=O) groups excluding carboxylic acids is 2. The van der Waals surface area contributed by atoms with Gasteiger partial charge in [-0.1, -0.05) is 30.3 Å². The van der Waals surface area contributed by atoms with Crippen LogP contribution in [-0.4, -0.2) is 68.5 Å². The summed E-state index contributed by atoms with van der Waals surface area (Å²) >= 11 is 0. The zero-order chi connectivity index (χ0) is 15.9. The van der Waals surface area contributed by atoms with Crippen molar-refractivity contribution in [2.75, 3.05) is 46.9 Å². The summed E-state index contributed by atoms with van der Waals surface area (Å²) in [5.41, 5.74) is 0.788.